The maximum absolute atomic E-state index is 10.6. The van der Waals surface area contributed by atoms with Crippen LogP contribution in [0.5, 0.6) is 0 Å². The zero-order valence-electron chi connectivity index (χ0n) is 10.4. The quantitative estimate of drug-likeness (QED) is 0.673. The van der Waals surface area contributed by atoms with E-state index >= 15 is 0 Å². The van der Waals surface area contributed by atoms with E-state index in [0.717, 1.165) is 9.79 Å². The van der Waals surface area contributed by atoms with Gasteiger partial charge in [-0.15, -0.1) is 0 Å². The Hall–Kier alpha value is -0.699. The monoisotopic (exact) mass is 410 g/mol. The maximum atomic E-state index is 10.6. The van der Waals surface area contributed by atoms with E-state index in [1.807, 2.05) is 0 Å². The molecule has 0 aliphatic carbocycles. The zero-order valence-corrected chi connectivity index (χ0v) is 15.6. The van der Waals surface area contributed by atoms with Crippen LogP contribution in [0.1, 0.15) is 20.7 Å². The second-order valence-electron chi connectivity index (χ2n) is 3.73. The minimum Gasteiger partial charge on any atom is -0.545 e. The first-order valence-electron chi connectivity index (χ1n) is 5.37. The number of carbonyl (C=O) groups excluding carboxylic acids is 2. The first-order chi connectivity index (χ1) is 9.06. The number of rotatable bonds is 4. The molecule has 96 valence electrons. The van der Waals surface area contributed by atoms with Crippen LogP contribution in [0.2, 0.25) is 0 Å². The topological polar surface area (TPSA) is 80.3 Å². The van der Waals surface area contributed by atoms with Crippen molar-refractivity contribution in [2.75, 3.05) is 0 Å². The number of hydrogen-bond donors (Lipinski definition) is 0. The zero-order chi connectivity index (χ0) is 13.8. The van der Waals surface area contributed by atoms with Crippen LogP contribution in [0.3, 0.4) is 0 Å². The van der Waals surface area contributed by atoms with Gasteiger partial charge in [-0.3, -0.25) is 0 Å². The molecule has 0 aliphatic heterocycles. The number of carboxylic acids is 2. The van der Waals surface area contributed by atoms with Crippen molar-refractivity contribution in [2.45, 2.75) is 9.79 Å². The Kier molecular flexibility index (Phi) is 6.87. The van der Waals surface area contributed by atoms with Crippen molar-refractivity contribution in [3.8, 4) is 0 Å². The van der Waals surface area contributed by atoms with Crippen molar-refractivity contribution in [1.82, 2.24) is 0 Å². The van der Waals surface area contributed by atoms with E-state index in [2.05, 4.69) is 0 Å². The smallest absolute Gasteiger partial charge is 0.545 e. The van der Waals surface area contributed by atoms with Crippen LogP contribution in [-0.2, 0) is 0 Å². The normalized spacial score (nSPS) is 9.60. The second kappa shape index (κ2) is 7.92. The van der Waals surface area contributed by atoms with Gasteiger partial charge in [-0.2, -0.15) is 0 Å². The summed E-state index contributed by atoms with van der Waals surface area (Å²) in [6.45, 7) is 0. The Morgan fingerprint density at radius 1 is 0.700 bits per heavy atom. The predicted octanol–water partition coefficient (Wildman–Crippen LogP) is 0.184. The molecule has 0 aliphatic rings. The largest absolute Gasteiger partial charge is 2.00 e. The second-order valence-corrected chi connectivity index (χ2v) is 4.87. The molecule has 0 radical (unpaired) electrons. The molecule has 0 saturated carbocycles. The molecular weight excluding hydrogens is 402 g/mol. The molecule has 2 rings (SSSR count). The standard InChI is InChI=1S/C14H10O4S.Ba/c15-13(16)9-1-5-11(6-2-9)19-12-7-3-10(4-8-12)14(17)18;/h1-8H,(H,15,16)(H,17,18);/q;+2/p-2. The summed E-state index contributed by atoms with van der Waals surface area (Å²) >= 11 is 1.40. The summed E-state index contributed by atoms with van der Waals surface area (Å²) in [5.41, 5.74) is 0.244. The van der Waals surface area contributed by atoms with Gasteiger partial charge in [-0.25, -0.2) is 0 Å². The third-order valence-corrected chi connectivity index (χ3v) is 3.43. The van der Waals surface area contributed by atoms with E-state index in [9.17, 15) is 19.8 Å². The van der Waals surface area contributed by atoms with Gasteiger partial charge in [-0.1, -0.05) is 36.0 Å². The third-order valence-electron chi connectivity index (χ3n) is 2.42. The molecule has 0 bridgehead atoms. The van der Waals surface area contributed by atoms with E-state index < -0.39 is 11.9 Å². The Balaban J connectivity index is 0.00000200. The predicted molar refractivity (Wildman–Crippen MR) is 71.4 cm³/mol. The summed E-state index contributed by atoms with van der Waals surface area (Å²) in [5.74, 6) is -2.43. The van der Waals surface area contributed by atoms with Crippen molar-refractivity contribution in [1.29, 1.82) is 0 Å². The van der Waals surface area contributed by atoms with Gasteiger partial charge in [-0.05, 0) is 35.4 Å². The molecule has 0 saturated heterocycles. The minimum atomic E-state index is -1.21. The van der Waals surface area contributed by atoms with Crippen LogP contribution in [0.15, 0.2) is 58.3 Å². The fourth-order valence-electron chi connectivity index (χ4n) is 1.45. The molecule has 0 heterocycles. The SMILES string of the molecule is O=C([O-])c1ccc(Sc2ccc(C(=O)[O-])cc2)cc1.[Ba+2]. The summed E-state index contributed by atoms with van der Waals surface area (Å²) in [5, 5.41) is 21.2. The summed E-state index contributed by atoms with van der Waals surface area (Å²) < 4.78 is 0. The van der Waals surface area contributed by atoms with Gasteiger partial charge < -0.3 is 19.8 Å². The van der Waals surface area contributed by atoms with Crippen molar-refractivity contribution in [3.63, 3.8) is 0 Å². The number of carboxylic acid groups (broad SMARTS) is 2. The Morgan fingerprint density at radius 2 is 1.00 bits per heavy atom. The van der Waals surface area contributed by atoms with Gasteiger partial charge in [0, 0.05) is 9.79 Å². The molecule has 0 amide bonds. The summed E-state index contributed by atoms with van der Waals surface area (Å²) in [6, 6.07) is 12.5. The molecule has 0 spiro atoms. The van der Waals surface area contributed by atoms with Gasteiger partial charge in [0.2, 0.25) is 0 Å². The first-order valence-corrected chi connectivity index (χ1v) is 6.18. The van der Waals surface area contributed by atoms with Crippen molar-refractivity contribution < 1.29 is 19.8 Å². The summed E-state index contributed by atoms with van der Waals surface area (Å²) in [6.07, 6.45) is 0. The summed E-state index contributed by atoms with van der Waals surface area (Å²) in [7, 11) is 0. The van der Waals surface area contributed by atoms with E-state index in [0.29, 0.717) is 0 Å². The molecule has 0 unspecified atom stereocenters. The van der Waals surface area contributed by atoms with E-state index in [4.69, 9.17) is 0 Å². The van der Waals surface area contributed by atoms with Crippen LogP contribution < -0.4 is 10.2 Å². The van der Waals surface area contributed by atoms with Crippen LogP contribution in [0.4, 0.5) is 0 Å². The molecule has 4 nitrogen and oxygen atoms in total. The number of carbonyl (C=O) groups is 2. The van der Waals surface area contributed by atoms with E-state index in [1.165, 1.54) is 36.0 Å². The van der Waals surface area contributed by atoms with Crippen LogP contribution in [0, 0.1) is 0 Å². The van der Waals surface area contributed by atoms with Gasteiger partial charge >= 0.3 is 48.9 Å². The fourth-order valence-corrected chi connectivity index (χ4v) is 2.27. The van der Waals surface area contributed by atoms with Crippen molar-refractivity contribution >= 4 is 72.6 Å². The van der Waals surface area contributed by atoms with Crippen molar-refractivity contribution in [3.05, 3.63) is 59.7 Å². The first kappa shape index (κ1) is 17.4. The van der Waals surface area contributed by atoms with Gasteiger partial charge in [0.05, 0.1) is 11.9 Å². The van der Waals surface area contributed by atoms with Gasteiger partial charge in [0.1, 0.15) is 0 Å². The number of hydrogen-bond acceptors (Lipinski definition) is 5. The molecule has 20 heavy (non-hydrogen) atoms. The van der Waals surface area contributed by atoms with Crippen LogP contribution >= 0.6 is 11.8 Å². The Labute approximate surface area is 160 Å². The molecule has 0 N–H and O–H groups in total. The Bertz CT molecular complexity index is 553. The molecule has 6 heteroatoms. The Morgan fingerprint density at radius 3 is 1.25 bits per heavy atom. The third kappa shape index (κ3) is 4.69. The van der Waals surface area contributed by atoms with Crippen LogP contribution in [-0.4, -0.2) is 60.8 Å². The summed E-state index contributed by atoms with van der Waals surface area (Å²) in [4.78, 5) is 22.9. The van der Waals surface area contributed by atoms with Crippen molar-refractivity contribution in [2.24, 2.45) is 0 Å². The minimum absolute atomic E-state index is 0. The molecule has 0 fully saturated rings. The fraction of sp³-hybridized carbons (Fsp3) is 0. The average molecular weight is 410 g/mol. The molecule has 0 aromatic heterocycles. The molecule has 2 aromatic rings. The molecule has 0 atom stereocenters. The van der Waals surface area contributed by atoms with E-state index in [-0.39, 0.29) is 60.0 Å². The van der Waals surface area contributed by atoms with Crippen LogP contribution in [0.25, 0.3) is 0 Å². The number of aromatic carboxylic acids is 2. The maximum Gasteiger partial charge on any atom is 2.00 e. The number of benzene rings is 2. The van der Waals surface area contributed by atoms with Gasteiger partial charge in [0.15, 0.2) is 0 Å². The molecule has 2 aromatic carbocycles. The van der Waals surface area contributed by atoms with E-state index in [1.54, 1.807) is 24.3 Å². The molecular formula is C14H8BaO4S. The average Bonchev–Trinajstić information content (AvgIpc) is 2.40. The van der Waals surface area contributed by atoms with Gasteiger partial charge in [0.25, 0.3) is 0 Å².